The molecule has 0 unspecified atom stereocenters. The standard InChI is InChI=1S/C11H13Cl2NO4/c1-10(2,11(16,17)18)14-5-6-3-7(12)4-8(13)9(6)15/h3-5,15-18H,1-2H3. The molecular weight excluding hydrogens is 281 g/mol. The van der Waals surface area contributed by atoms with E-state index in [1.165, 1.54) is 26.0 Å². The van der Waals surface area contributed by atoms with E-state index in [0.717, 1.165) is 6.21 Å². The summed E-state index contributed by atoms with van der Waals surface area (Å²) in [6, 6.07) is 2.76. The van der Waals surface area contributed by atoms with Crippen molar-refractivity contribution in [3.63, 3.8) is 0 Å². The second kappa shape index (κ2) is 5.03. The van der Waals surface area contributed by atoms with Crippen LogP contribution in [-0.4, -0.2) is 38.2 Å². The quantitative estimate of drug-likeness (QED) is 0.502. The molecule has 0 heterocycles. The van der Waals surface area contributed by atoms with Gasteiger partial charge in [-0.3, -0.25) is 4.99 Å². The molecule has 0 amide bonds. The lowest BCUT2D eigenvalue weighted by molar-refractivity contribution is -0.341. The minimum absolute atomic E-state index is 0.0463. The van der Waals surface area contributed by atoms with Crippen LogP contribution in [0.15, 0.2) is 17.1 Å². The number of aliphatic imine (C=N–C) groups is 1. The van der Waals surface area contributed by atoms with Crippen LogP contribution in [-0.2, 0) is 0 Å². The zero-order valence-corrected chi connectivity index (χ0v) is 11.2. The predicted octanol–water partition coefficient (Wildman–Crippen LogP) is 1.53. The monoisotopic (exact) mass is 293 g/mol. The van der Waals surface area contributed by atoms with Gasteiger partial charge in [0.15, 0.2) is 0 Å². The number of benzene rings is 1. The van der Waals surface area contributed by atoms with Crippen molar-refractivity contribution in [2.45, 2.75) is 25.4 Å². The van der Waals surface area contributed by atoms with Gasteiger partial charge in [-0.2, -0.15) is 0 Å². The summed E-state index contributed by atoms with van der Waals surface area (Å²) in [4.78, 5) is 3.79. The SMILES string of the molecule is CC(C)(N=Cc1cc(Cl)cc(Cl)c1O)C(O)(O)O. The Kier molecular flexibility index (Phi) is 4.25. The van der Waals surface area contributed by atoms with Crippen molar-refractivity contribution >= 4 is 29.4 Å². The summed E-state index contributed by atoms with van der Waals surface area (Å²) < 4.78 is 0. The minimum Gasteiger partial charge on any atom is -0.506 e. The Balaban J connectivity index is 3.13. The lowest BCUT2D eigenvalue weighted by Gasteiger charge is -2.29. The Bertz CT molecular complexity index is 481. The first-order valence-corrected chi connectivity index (χ1v) is 5.70. The van der Waals surface area contributed by atoms with E-state index in [4.69, 9.17) is 38.5 Å². The first-order chi connectivity index (χ1) is 8.04. The molecule has 0 radical (unpaired) electrons. The number of phenols is 1. The summed E-state index contributed by atoms with van der Waals surface area (Å²) in [5.74, 6) is -3.22. The van der Waals surface area contributed by atoms with Gasteiger partial charge in [0.25, 0.3) is 0 Å². The molecule has 0 aromatic heterocycles. The van der Waals surface area contributed by atoms with E-state index >= 15 is 0 Å². The smallest absolute Gasteiger partial charge is 0.301 e. The van der Waals surface area contributed by atoms with Crippen molar-refractivity contribution < 1.29 is 20.4 Å². The molecule has 5 nitrogen and oxygen atoms in total. The van der Waals surface area contributed by atoms with Crippen LogP contribution in [0, 0.1) is 0 Å². The zero-order valence-electron chi connectivity index (χ0n) is 9.72. The van der Waals surface area contributed by atoms with Crippen molar-refractivity contribution in [1.29, 1.82) is 0 Å². The number of halogens is 2. The molecule has 18 heavy (non-hydrogen) atoms. The minimum atomic E-state index is -2.98. The molecule has 1 aromatic carbocycles. The second-order valence-corrected chi connectivity index (χ2v) is 5.12. The van der Waals surface area contributed by atoms with E-state index in [0.29, 0.717) is 5.02 Å². The zero-order chi connectivity index (χ0) is 14.1. The van der Waals surface area contributed by atoms with Crippen LogP contribution < -0.4 is 0 Å². The van der Waals surface area contributed by atoms with Crippen LogP contribution in [0.4, 0.5) is 0 Å². The van der Waals surface area contributed by atoms with E-state index in [1.54, 1.807) is 0 Å². The molecule has 0 spiro atoms. The maximum Gasteiger partial charge on any atom is 0.301 e. The topological polar surface area (TPSA) is 93.3 Å². The number of aromatic hydroxyl groups is 1. The Labute approximate surface area is 114 Å². The second-order valence-electron chi connectivity index (χ2n) is 4.28. The number of hydrogen-bond acceptors (Lipinski definition) is 5. The third kappa shape index (κ3) is 3.34. The highest BCUT2D eigenvalue weighted by atomic mass is 35.5. The average molecular weight is 294 g/mol. The number of phenolic OH excluding ortho intramolecular Hbond substituents is 1. The van der Waals surface area contributed by atoms with Gasteiger partial charge < -0.3 is 20.4 Å². The third-order valence-electron chi connectivity index (χ3n) is 2.40. The molecule has 0 fully saturated rings. The summed E-state index contributed by atoms with van der Waals surface area (Å²) >= 11 is 11.5. The molecule has 0 atom stereocenters. The molecule has 0 bridgehead atoms. The number of hydrogen-bond donors (Lipinski definition) is 4. The molecule has 4 N–H and O–H groups in total. The molecule has 0 saturated carbocycles. The van der Waals surface area contributed by atoms with Gasteiger partial charge in [-0.1, -0.05) is 23.2 Å². The van der Waals surface area contributed by atoms with Gasteiger partial charge in [0, 0.05) is 16.8 Å². The normalized spacial score (nSPS) is 13.3. The van der Waals surface area contributed by atoms with Gasteiger partial charge >= 0.3 is 5.97 Å². The highest BCUT2D eigenvalue weighted by Gasteiger charge is 2.40. The first kappa shape index (κ1) is 15.2. The fraction of sp³-hybridized carbons (Fsp3) is 0.364. The number of rotatable bonds is 3. The molecule has 0 aliphatic rings. The van der Waals surface area contributed by atoms with E-state index in [2.05, 4.69) is 4.99 Å². The Morgan fingerprint density at radius 2 is 1.72 bits per heavy atom. The molecule has 0 aliphatic carbocycles. The van der Waals surface area contributed by atoms with Gasteiger partial charge in [0.2, 0.25) is 0 Å². The van der Waals surface area contributed by atoms with E-state index in [-0.39, 0.29) is 16.3 Å². The molecule has 7 heteroatoms. The molecular formula is C11H13Cl2NO4. The molecule has 0 saturated heterocycles. The van der Waals surface area contributed by atoms with Gasteiger partial charge in [-0.25, -0.2) is 0 Å². The van der Waals surface area contributed by atoms with E-state index in [1.807, 2.05) is 0 Å². The Morgan fingerprint density at radius 1 is 1.17 bits per heavy atom. The van der Waals surface area contributed by atoms with Crippen molar-refractivity contribution in [2.24, 2.45) is 4.99 Å². The lowest BCUT2D eigenvalue weighted by atomic mass is 10.0. The average Bonchev–Trinajstić information content (AvgIpc) is 2.19. The number of nitrogens with zero attached hydrogens (tertiary/aromatic N) is 1. The van der Waals surface area contributed by atoms with Gasteiger partial charge in [0.1, 0.15) is 11.3 Å². The highest BCUT2D eigenvalue weighted by Crippen LogP contribution is 2.30. The molecule has 1 rings (SSSR count). The summed E-state index contributed by atoms with van der Waals surface area (Å²) in [6.45, 7) is 2.60. The van der Waals surface area contributed by atoms with Crippen molar-refractivity contribution in [1.82, 2.24) is 0 Å². The van der Waals surface area contributed by atoms with Crippen molar-refractivity contribution in [3.8, 4) is 5.75 Å². The van der Waals surface area contributed by atoms with Crippen LogP contribution in [0.2, 0.25) is 10.0 Å². The summed E-state index contributed by atoms with van der Waals surface area (Å²) in [5, 5.41) is 37.2. The van der Waals surface area contributed by atoms with Gasteiger partial charge in [-0.15, -0.1) is 0 Å². The largest absolute Gasteiger partial charge is 0.506 e. The molecule has 100 valence electrons. The summed E-state index contributed by atoms with van der Waals surface area (Å²) in [7, 11) is 0. The predicted molar refractivity (Wildman–Crippen MR) is 69.2 cm³/mol. The summed E-state index contributed by atoms with van der Waals surface area (Å²) in [6.07, 6.45) is 1.14. The molecule has 0 aliphatic heterocycles. The van der Waals surface area contributed by atoms with Crippen LogP contribution in [0.1, 0.15) is 19.4 Å². The van der Waals surface area contributed by atoms with E-state index in [9.17, 15) is 5.11 Å². The Hall–Kier alpha value is -0.850. The first-order valence-electron chi connectivity index (χ1n) is 4.95. The van der Waals surface area contributed by atoms with E-state index < -0.39 is 11.5 Å². The van der Waals surface area contributed by atoms with Crippen molar-refractivity contribution in [2.75, 3.05) is 0 Å². The maximum absolute atomic E-state index is 9.65. The van der Waals surface area contributed by atoms with Gasteiger partial charge in [0.05, 0.1) is 5.02 Å². The van der Waals surface area contributed by atoms with Crippen LogP contribution in [0.25, 0.3) is 0 Å². The fourth-order valence-electron chi connectivity index (χ4n) is 1.00. The number of aliphatic hydroxyl groups is 3. The lowest BCUT2D eigenvalue weighted by Crippen LogP contribution is -2.48. The highest BCUT2D eigenvalue weighted by molar-refractivity contribution is 6.36. The van der Waals surface area contributed by atoms with Crippen molar-refractivity contribution in [3.05, 3.63) is 27.7 Å². The summed E-state index contributed by atoms with van der Waals surface area (Å²) in [5.41, 5.74) is -1.39. The van der Waals surface area contributed by atoms with Crippen LogP contribution in [0.3, 0.4) is 0 Å². The fourth-order valence-corrected chi connectivity index (χ4v) is 1.51. The third-order valence-corrected chi connectivity index (χ3v) is 2.91. The van der Waals surface area contributed by atoms with Crippen LogP contribution >= 0.6 is 23.2 Å². The van der Waals surface area contributed by atoms with Crippen LogP contribution in [0.5, 0.6) is 5.75 Å². The molecule has 1 aromatic rings. The maximum atomic E-state index is 9.65. The Morgan fingerprint density at radius 3 is 2.22 bits per heavy atom. The van der Waals surface area contributed by atoms with Gasteiger partial charge in [-0.05, 0) is 26.0 Å².